The van der Waals surface area contributed by atoms with Gasteiger partial charge in [-0.2, -0.15) is 0 Å². The van der Waals surface area contributed by atoms with E-state index in [4.69, 9.17) is 4.74 Å². The summed E-state index contributed by atoms with van der Waals surface area (Å²) in [5.74, 6) is -1.83. The van der Waals surface area contributed by atoms with Gasteiger partial charge in [-0.05, 0) is 44.0 Å². The smallest absolute Gasteiger partial charge is 0.318 e. The Balaban J connectivity index is 2.16. The first-order chi connectivity index (χ1) is 9.13. The van der Waals surface area contributed by atoms with E-state index in [1.54, 1.807) is 19.1 Å². The highest BCUT2D eigenvalue weighted by Gasteiger charge is 2.35. The molecule has 0 saturated carbocycles. The van der Waals surface area contributed by atoms with Crippen molar-refractivity contribution in [2.45, 2.75) is 19.8 Å². The highest BCUT2D eigenvalue weighted by molar-refractivity contribution is 6.06. The lowest BCUT2D eigenvalue weighted by Gasteiger charge is -2.31. The number of piperidine rings is 1. The number of esters is 1. The van der Waals surface area contributed by atoms with Gasteiger partial charge in [0.15, 0.2) is 0 Å². The number of hydrogen-bond donors (Lipinski definition) is 0. The van der Waals surface area contributed by atoms with Crippen molar-refractivity contribution >= 4 is 17.6 Å². The summed E-state index contributed by atoms with van der Waals surface area (Å²) < 4.78 is 17.8. The van der Waals surface area contributed by atoms with E-state index in [0.717, 1.165) is 6.42 Å². The average Bonchev–Trinajstić information content (AvgIpc) is 2.40. The Morgan fingerprint density at radius 2 is 2.11 bits per heavy atom. The number of ether oxygens (including phenoxy) is 1. The van der Waals surface area contributed by atoms with Crippen molar-refractivity contribution in [1.82, 2.24) is 0 Å². The minimum absolute atomic E-state index is 0.263. The van der Waals surface area contributed by atoms with Crippen molar-refractivity contribution in [1.29, 1.82) is 0 Å². The minimum Gasteiger partial charge on any atom is -0.465 e. The van der Waals surface area contributed by atoms with Gasteiger partial charge in [-0.15, -0.1) is 0 Å². The minimum atomic E-state index is -0.737. The first kappa shape index (κ1) is 13.5. The van der Waals surface area contributed by atoms with Crippen LogP contribution < -0.4 is 4.90 Å². The molecule has 0 aromatic heterocycles. The molecule has 102 valence electrons. The van der Waals surface area contributed by atoms with E-state index < -0.39 is 11.9 Å². The first-order valence-corrected chi connectivity index (χ1v) is 6.37. The topological polar surface area (TPSA) is 46.6 Å². The summed E-state index contributed by atoms with van der Waals surface area (Å²) in [5.41, 5.74) is 0.611. The summed E-state index contributed by atoms with van der Waals surface area (Å²) in [7, 11) is 0. The van der Waals surface area contributed by atoms with Gasteiger partial charge in [0.05, 0.1) is 6.61 Å². The van der Waals surface area contributed by atoms with Gasteiger partial charge in [0.1, 0.15) is 11.7 Å². The van der Waals surface area contributed by atoms with Crippen molar-refractivity contribution in [3.8, 4) is 0 Å². The molecule has 19 heavy (non-hydrogen) atoms. The fraction of sp³-hybridized carbons (Fsp3) is 0.429. The summed E-state index contributed by atoms with van der Waals surface area (Å²) in [5, 5.41) is 0. The molecule has 0 radical (unpaired) electrons. The van der Waals surface area contributed by atoms with E-state index in [9.17, 15) is 14.0 Å². The number of halogens is 1. The van der Waals surface area contributed by atoms with Crippen LogP contribution in [0.25, 0.3) is 0 Å². The van der Waals surface area contributed by atoms with Crippen molar-refractivity contribution in [3.05, 3.63) is 30.1 Å². The Kier molecular flexibility index (Phi) is 4.14. The molecule has 0 bridgehead atoms. The van der Waals surface area contributed by atoms with Crippen LogP contribution in [0.15, 0.2) is 24.3 Å². The Morgan fingerprint density at radius 1 is 1.42 bits per heavy atom. The maximum atomic E-state index is 12.9. The van der Waals surface area contributed by atoms with Crippen LogP contribution in [0.2, 0.25) is 0 Å². The van der Waals surface area contributed by atoms with Crippen LogP contribution in [0.4, 0.5) is 10.1 Å². The standard InChI is InChI=1S/C14H16FNO3/c1-2-19-14(18)12-4-3-9-16(13(12)17)11-7-5-10(15)6-8-11/h5-8,12H,2-4,9H2,1H3/t12-/m1/s1. The van der Waals surface area contributed by atoms with Crippen LogP contribution in [0, 0.1) is 11.7 Å². The summed E-state index contributed by atoms with van der Waals surface area (Å²) in [6.07, 6.45) is 1.24. The summed E-state index contributed by atoms with van der Waals surface area (Å²) >= 11 is 0. The van der Waals surface area contributed by atoms with Gasteiger partial charge in [-0.1, -0.05) is 0 Å². The zero-order valence-corrected chi connectivity index (χ0v) is 10.8. The van der Waals surface area contributed by atoms with E-state index in [1.807, 2.05) is 0 Å². The number of anilines is 1. The van der Waals surface area contributed by atoms with Crippen LogP contribution >= 0.6 is 0 Å². The molecule has 1 aromatic carbocycles. The molecule has 1 aromatic rings. The molecule has 5 heteroatoms. The molecule has 0 spiro atoms. The van der Waals surface area contributed by atoms with E-state index >= 15 is 0 Å². The third-order valence-corrected chi connectivity index (χ3v) is 3.15. The van der Waals surface area contributed by atoms with Crippen molar-refractivity contribution in [2.75, 3.05) is 18.1 Å². The molecule has 1 fully saturated rings. The lowest BCUT2D eigenvalue weighted by atomic mass is 9.96. The third kappa shape index (κ3) is 2.92. The van der Waals surface area contributed by atoms with E-state index in [-0.39, 0.29) is 18.3 Å². The lowest BCUT2D eigenvalue weighted by molar-refractivity contribution is -0.152. The van der Waals surface area contributed by atoms with Crippen molar-refractivity contribution < 1.29 is 18.7 Å². The molecule has 4 nitrogen and oxygen atoms in total. The molecular formula is C14H16FNO3. The van der Waals surface area contributed by atoms with Crippen LogP contribution in [0.1, 0.15) is 19.8 Å². The number of amides is 1. The average molecular weight is 265 g/mol. The zero-order valence-electron chi connectivity index (χ0n) is 10.8. The molecule has 1 aliphatic rings. The Labute approximate surface area is 111 Å². The molecule has 0 aliphatic carbocycles. The molecule has 1 atom stereocenters. The van der Waals surface area contributed by atoms with Gasteiger partial charge >= 0.3 is 5.97 Å². The van der Waals surface area contributed by atoms with Crippen LogP contribution in [0.3, 0.4) is 0 Å². The van der Waals surface area contributed by atoms with Crippen LogP contribution in [-0.4, -0.2) is 25.0 Å². The lowest BCUT2D eigenvalue weighted by Crippen LogP contribution is -2.44. The SMILES string of the molecule is CCOC(=O)[C@@H]1CCCN(c2ccc(F)cc2)C1=O. The fourth-order valence-corrected chi connectivity index (χ4v) is 2.21. The van der Waals surface area contributed by atoms with Gasteiger partial charge in [0.2, 0.25) is 5.91 Å². The Hall–Kier alpha value is -1.91. The second kappa shape index (κ2) is 5.82. The summed E-state index contributed by atoms with van der Waals surface area (Å²) in [6, 6.07) is 5.69. The largest absolute Gasteiger partial charge is 0.465 e. The van der Waals surface area contributed by atoms with Gasteiger partial charge in [0.25, 0.3) is 0 Å². The molecule has 1 heterocycles. The molecule has 0 unspecified atom stereocenters. The molecule has 2 rings (SSSR count). The number of rotatable bonds is 3. The fourth-order valence-electron chi connectivity index (χ4n) is 2.21. The number of benzene rings is 1. The number of carbonyl (C=O) groups is 2. The maximum Gasteiger partial charge on any atom is 0.318 e. The monoisotopic (exact) mass is 265 g/mol. The van der Waals surface area contributed by atoms with E-state index in [1.165, 1.54) is 17.0 Å². The van der Waals surface area contributed by atoms with Gasteiger partial charge < -0.3 is 9.64 Å². The normalized spacial score (nSPS) is 19.4. The molecule has 1 amide bonds. The highest BCUT2D eigenvalue weighted by atomic mass is 19.1. The molecule has 1 saturated heterocycles. The zero-order chi connectivity index (χ0) is 13.8. The predicted molar refractivity (Wildman–Crippen MR) is 68.1 cm³/mol. The molecule has 0 N–H and O–H groups in total. The van der Waals surface area contributed by atoms with Crippen molar-refractivity contribution in [2.24, 2.45) is 5.92 Å². The Bertz CT molecular complexity index is 472. The van der Waals surface area contributed by atoms with Crippen LogP contribution in [0.5, 0.6) is 0 Å². The van der Waals surface area contributed by atoms with E-state index in [0.29, 0.717) is 18.7 Å². The predicted octanol–water partition coefficient (Wildman–Crippen LogP) is 2.13. The van der Waals surface area contributed by atoms with E-state index in [2.05, 4.69) is 0 Å². The molecule has 1 aliphatic heterocycles. The number of nitrogens with zero attached hydrogens (tertiary/aromatic N) is 1. The second-order valence-corrected chi connectivity index (χ2v) is 4.41. The maximum absolute atomic E-state index is 12.9. The van der Waals surface area contributed by atoms with Gasteiger partial charge in [-0.25, -0.2) is 4.39 Å². The molecular weight excluding hydrogens is 249 g/mol. The van der Waals surface area contributed by atoms with Gasteiger partial charge in [-0.3, -0.25) is 9.59 Å². The Morgan fingerprint density at radius 3 is 2.74 bits per heavy atom. The van der Waals surface area contributed by atoms with Gasteiger partial charge in [0, 0.05) is 12.2 Å². The number of carbonyl (C=O) groups excluding carboxylic acids is 2. The van der Waals surface area contributed by atoms with Crippen molar-refractivity contribution in [3.63, 3.8) is 0 Å². The third-order valence-electron chi connectivity index (χ3n) is 3.15. The van der Waals surface area contributed by atoms with Crippen LogP contribution in [-0.2, 0) is 14.3 Å². The highest BCUT2D eigenvalue weighted by Crippen LogP contribution is 2.25. The summed E-state index contributed by atoms with van der Waals surface area (Å²) in [4.78, 5) is 25.5. The quantitative estimate of drug-likeness (QED) is 0.621. The summed E-state index contributed by atoms with van der Waals surface area (Å²) in [6.45, 7) is 2.52. The second-order valence-electron chi connectivity index (χ2n) is 4.41. The first-order valence-electron chi connectivity index (χ1n) is 6.37. The number of hydrogen-bond acceptors (Lipinski definition) is 3.